The number of hydrogen-bond donors (Lipinski definition) is 1. The van der Waals surface area contributed by atoms with Crippen LogP contribution in [0.1, 0.15) is 48.0 Å². The van der Waals surface area contributed by atoms with Crippen LogP contribution < -0.4 is 9.47 Å². The normalized spacial score (nSPS) is 19.5. The second-order valence-corrected chi connectivity index (χ2v) is 6.15. The summed E-state index contributed by atoms with van der Waals surface area (Å²) in [6, 6.07) is 1.48. The first kappa shape index (κ1) is 15.2. The van der Waals surface area contributed by atoms with Gasteiger partial charge >= 0.3 is 5.97 Å². The van der Waals surface area contributed by atoms with E-state index in [2.05, 4.69) is 0 Å². The number of carbonyl (C=O) groups is 2. The Labute approximate surface area is 133 Å². The van der Waals surface area contributed by atoms with Gasteiger partial charge in [-0.2, -0.15) is 0 Å². The third-order valence-electron chi connectivity index (χ3n) is 4.51. The Morgan fingerprint density at radius 3 is 2.41 bits per heavy atom. The first-order valence-corrected chi connectivity index (χ1v) is 7.79. The van der Waals surface area contributed by atoms with Crippen molar-refractivity contribution in [2.75, 3.05) is 13.2 Å². The van der Waals surface area contributed by atoms with Crippen LogP contribution in [-0.4, -0.2) is 30.6 Å². The molecule has 0 saturated heterocycles. The first-order chi connectivity index (χ1) is 10.6. The van der Waals surface area contributed by atoms with Crippen molar-refractivity contribution in [1.29, 1.82) is 0 Å². The molecule has 22 heavy (non-hydrogen) atoms. The van der Waals surface area contributed by atoms with Crippen LogP contribution in [0.4, 0.5) is 0 Å². The molecule has 1 saturated carbocycles. The fourth-order valence-corrected chi connectivity index (χ4v) is 3.85. The minimum atomic E-state index is -1.07. The van der Waals surface area contributed by atoms with E-state index in [-0.39, 0.29) is 5.02 Å². The van der Waals surface area contributed by atoms with E-state index in [1.807, 2.05) is 0 Å². The standard InChI is InChI=1S/C16H17ClO5/c17-11-8-10(9-18)13-14(22-7-6-21-13)12(11)16(15(19)20)4-2-1-3-5-16/h8-9H,1-7H2,(H,19,20). The Bertz CT molecular complexity index is 619. The summed E-state index contributed by atoms with van der Waals surface area (Å²) in [4.78, 5) is 23.3. The molecular weight excluding hydrogens is 308 g/mol. The summed E-state index contributed by atoms with van der Waals surface area (Å²) < 4.78 is 11.2. The molecule has 2 aliphatic rings. The van der Waals surface area contributed by atoms with Gasteiger partial charge < -0.3 is 14.6 Å². The first-order valence-electron chi connectivity index (χ1n) is 7.41. The zero-order valence-electron chi connectivity index (χ0n) is 12.1. The van der Waals surface area contributed by atoms with Gasteiger partial charge in [-0.3, -0.25) is 9.59 Å². The molecule has 1 aliphatic carbocycles. The van der Waals surface area contributed by atoms with E-state index in [0.29, 0.717) is 55.0 Å². The number of benzene rings is 1. The average Bonchev–Trinajstić information content (AvgIpc) is 2.54. The van der Waals surface area contributed by atoms with Gasteiger partial charge in [0.25, 0.3) is 0 Å². The molecule has 3 rings (SSSR count). The number of halogens is 1. The highest BCUT2D eigenvalue weighted by molar-refractivity contribution is 6.32. The molecule has 0 aromatic heterocycles. The molecule has 0 amide bonds. The van der Waals surface area contributed by atoms with Gasteiger partial charge in [0, 0.05) is 10.6 Å². The summed E-state index contributed by atoms with van der Waals surface area (Å²) in [5, 5.41) is 10.1. The molecule has 1 aromatic carbocycles. The summed E-state index contributed by atoms with van der Waals surface area (Å²) in [5.41, 5.74) is -0.317. The lowest BCUT2D eigenvalue weighted by Gasteiger charge is -2.36. The Morgan fingerprint density at radius 1 is 1.18 bits per heavy atom. The molecular formula is C16H17ClO5. The van der Waals surface area contributed by atoms with Gasteiger partial charge in [0.2, 0.25) is 0 Å². The van der Waals surface area contributed by atoms with Crippen molar-refractivity contribution in [3.05, 3.63) is 22.2 Å². The molecule has 1 N–H and O–H groups in total. The fourth-order valence-electron chi connectivity index (χ4n) is 3.46. The Kier molecular flexibility index (Phi) is 4.00. The molecule has 1 fully saturated rings. The van der Waals surface area contributed by atoms with Crippen LogP contribution in [0.3, 0.4) is 0 Å². The van der Waals surface area contributed by atoms with E-state index < -0.39 is 11.4 Å². The summed E-state index contributed by atoms with van der Waals surface area (Å²) in [5.74, 6) is -0.263. The van der Waals surface area contributed by atoms with E-state index in [0.717, 1.165) is 19.3 Å². The minimum Gasteiger partial charge on any atom is -0.486 e. The zero-order chi connectivity index (χ0) is 15.7. The topological polar surface area (TPSA) is 72.8 Å². The van der Waals surface area contributed by atoms with E-state index in [1.165, 1.54) is 6.07 Å². The molecule has 0 radical (unpaired) electrons. The van der Waals surface area contributed by atoms with E-state index in [1.54, 1.807) is 0 Å². The largest absolute Gasteiger partial charge is 0.486 e. The second-order valence-electron chi connectivity index (χ2n) is 5.74. The zero-order valence-corrected chi connectivity index (χ0v) is 12.8. The average molecular weight is 325 g/mol. The maximum absolute atomic E-state index is 12.0. The molecule has 5 nitrogen and oxygen atoms in total. The van der Waals surface area contributed by atoms with Crippen molar-refractivity contribution < 1.29 is 24.2 Å². The number of hydrogen-bond acceptors (Lipinski definition) is 4. The number of rotatable bonds is 3. The lowest BCUT2D eigenvalue weighted by Crippen LogP contribution is -2.39. The fraction of sp³-hybridized carbons (Fsp3) is 0.500. The van der Waals surface area contributed by atoms with Gasteiger partial charge in [-0.15, -0.1) is 0 Å². The van der Waals surface area contributed by atoms with Crippen LogP contribution in [-0.2, 0) is 10.2 Å². The van der Waals surface area contributed by atoms with Crippen LogP contribution in [0.15, 0.2) is 6.07 Å². The highest BCUT2D eigenvalue weighted by Gasteiger charge is 2.46. The van der Waals surface area contributed by atoms with Crippen LogP contribution in [0, 0.1) is 0 Å². The van der Waals surface area contributed by atoms with E-state index in [9.17, 15) is 14.7 Å². The number of ether oxygens (including phenoxy) is 2. The van der Waals surface area contributed by atoms with Crippen molar-refractivity contribution in [3.63, 3.8) is 0 Å². The van der Waals surface area contributed by atoms with Gasteiger partial charge in [-0.1, -0.05) is 30.9 Å². The summed E-state index contributed by atoms with van der Waals surface area (Å²) >= 11 is 6.35. The van der Waals surface area contributed by atoms with E-state index >= 15 is 0 Å². The van der Waals surface area contributed by atoms with Crippen LogP contribution in [0.2, 0.25) is 5.02 Å². The second kappa shape index (κ2) is 5.80. The van der Waals surface area contributed by atoms with Gasteiger partial charge in [0.15, 0.2) is 17.8 Å². The lowest BCUT2D eigenvalue weighted by molar-refractivity contribution is -0.145. The Morgan fingerprint density at radius 2 is 1.82 bits per heavy atom. The van der Waals surface area contributed by atoms with Crippen molar-refractivity contribution in [2.45, 2.75) is 37.5 Å². The number of aliphatic carboxylic acids is 1. The monoisotopic (exact) mass is 324 g/mol. The Balaban J connectivity index is 2.25. The summed E-state index contributed by atoms with van der Waals surface area (Å²) in [7, 11) is 0. The van der Waals surface area contributed by atoms with Crippen molar-refractivity contribution >= 4 is 23.9 Å². The lowest BCUT2D eigenvalue weighted by atomic mass is 9.69. The maximum Gasteiger partial charge on any atom is 0.314 e. The third-order valence-corrected chi connectivity index (χ3v) is 4.81. The molecule has 0 bridgehead atoms. The van der Waals surface area contributed by atoms with Gasteiger partial charge in [0.05, 0.1) is 11.0 Å². The quantitative estimate of drug-likeness (QED) is 0.864. The number of carboxylic acids is 1. The number of aldehydes is 1. The highest BCUT2D eigenvalue weighted by Crippen LogP contribution is 2.51. The molecule has 0 spiro atoms. The molecule has 1 aliphatic heterocycles. The van der Waals surface area contributed by atoms with Crippen LogP contribution in [0.25, 0.3) is 0 Å². The van der Waals surface area contributed by atoms with Crippen molar-refractivity contribution in [2.24, 2.45) is 0 Å². The number of fused-ring (bicyclic) bond motifs is 1. The Hall–Kier alpha value is -1.75. The predicted octanol–water partition coefficient (Wildman–Crippen LogP) is 3.21. The molecule has 118 valence electrons. The van der Waals surface area contributed by atoms with Gasteiger partial charge in [-0.05, 0) is 18.9 Å². The molecule has 6 heteroatoms. The third kappa shape index (κ3) is 2.24. The van der Waals surface area contributed by atoms with Gasteiger partial charge in [0.1, 0.15) is 13.2 Å². The molecule has 1 heterocycles. The minimum absolute atomic E-state index is 0.260. The molecule has 1 aromatic rings. The molecule has 0 atom stereocenters. The van der Waals surface area contributed by atoms with Crippen LogP contribution >= 0.6 is 11.6 Å². The SMILES string of the molecule is O=Cc1cc(Cl)c(C2(C(=O)O)CCCCC2)c2c1OCCO2. The van der Waals surface area contributed by atoms with Crippen molar-refractivity contribution in [1.82, 2.24) is 0 Å². The number of carboxylic acid groups (broad SMARTS) is 1. The maximum atomic E-state index is 12.0. The van der Waals surface area contributed by atoms with Gasteiger partial charge in [-0.25, -0.2) is 0 Å². The van der Waals surface area contributed by atoms with Crippen LogP contribution in [0.5, 0.6) is 11.5 Å². The number of carbonyl (C=O) groups excluding carboxylic acids is 1. The predicted molar refractivity (Wildman–Crippen MR) is 80.2 cm³/mol. The summed E-state index contributed by atoms with van der Waals surface area (Å²) in [6.45, 7) is 0.642. The summed E-state index contributed by atoms with van der Waals surface area (Å²) in [6.07, 6.45) is 4.34. The molecule has 0 unspecified atom stereocenters. The van der Waals surface area contributed by atoms with E-state index in [4.69, 9.17) is 21.1 Å². The highest BCUT2D eigenvalue weighted by atomic mass is 35.5. The van der Waals surface area contributed by atoms with Crippen molar-refractivity contribution in [3.8, 4) is 11.5 Å². The smallest absolute Gasteiger partial charge is 0.314 e.